The van der Waals surface area contributed by atoms with E-state index in [9.17, 15) is 0 Å². The second-order valence-electron chi connectivity index (χ2n) is 6.72. The molecular formula is C24H22N4O. The third-order valence-corrected chi connectivity index (χ3v) is 4.41. The number of pyridine rings is 1. The standard InChI is InChI=1S/C24H22N4O/c1-16-9-21(10-17(2)28-16)23(14-26)24(27)20-7-4-8-22(12-20)29-15-19-6-3-5-18(11-19)13-25/h3-12,14,27H,15,26H2,1-2H3/b23-14-,27-24?. The van der Waals surface area contributed by atoms with E-state index in [0.29, 0.717) is 34.8 Å². The molecule has 3 rings (SSSR count). The third kappa shape index (κ3) is 4.88. The lowest BCUT2D eigenvalue weighted by molar-refractivity contribution is 0.306. The fraction of sp³-hybridized carbons (Fsp3) is 0.125. The number of rotatable bonds is 6. The highest BCUT2D eigenvalue weighted by molar-refractivity contribution is 6.30. The van der Waals surface area contributed by atoms with Crippen molar-refractivity contribution in [3.8, 4) is 11.8 Å². The van der Waals surface area contributed by atoms with Gasteiger partial charge in [0.15, 0.2) is 0 Å². The molecule has 0 unspecified atom stereocenters. The number of hydrogen-bond donors (Lipinski definition) is 2. The minimum atomic E-state index is 0.314. The quantitative estimate of drug-likeness (QED) is 0.613. The van der Waals surface area contributed by atoms with Gasteiger partial charge in [-0.2, -0.15) is 5.26 Å². The van der Waals surface area contributed by atoms with Crippen LogP contribution in [0.5, 0.6) is 5.75 Å². The Hall–Kier alpha value is -3.91. The minimum absolute atomic E-state index is 0.314. The Labute approximate surface area is 170 Å². The van der Waals surface area contributed by atoms with E-state index in [1.165, 1.54) is 6.20 Å². The lowest BCUT2D eigenvalue weighted by Crippen LogP contribution is -2.07. The summed E-state index contributed by atoms with van der Waals surface area (Å²) in [5, 5.41) is 17.7. The zero-order valence-corrected chi connectivity index (χ0v) is 16.4. The normalized spacial score (nSPS) is 11.0. The molecule has 1 aromatic heterocycles. The Balaban J connectivity index is 1.80. The first kappa shape index (κ1) is 19.8. The summed E-state index contributed by atoms with van der Waals surface area (Å²) in [5.41, 5.74) is 11.7. The number of nitrogens with zero attached hydrogens (tertiary/aromatic N) is 2. The van der Waals surface area contributed by atoms with Crippen molar-refractivity contribution in [2.24, 2.45) is 5.73 Å². The van der Waals surface area contributed by atoms with Crippen LogP contribution in [0.25, 0.3) is 5.57 Å². The second-order valence-corrected chi connectivity index (χ2v) is 6.72. The van der Waals surface area contributed by atoms with Gasteiger partial charge in [-0.05, 0) is 61.4 Å². The average molecular weight is 382 g/mol. The first-order chi connectivity index (χ1) is 14.0. The van der Waals surface area contributed by atoms with Crippen molar-refractivity contribution in [1.82, 2.24) is 4.98 Å². The zero-order valence-electron chi connectivity index (χ0n) is 16.4. The van der Waals surface area contributed by atoms with Gasteiger partial charge in [0.2, 0.25) is 0 Å². The van der Waals surface area contributed by atoms with Crippen LogP contribution in [0.3, 0.4) is 0 Å². The highest BCUT2D eigenvalue weighted by Crippen LogP contribution is 2.23. The molecule has 144 valence electrons. The number of ether oxygens (including phenoxy) is 1. The Kier molecular flexibility index (Phi) is 6.06. The highest BCUT2D eigenvalue weighted by Gasteiger charge is 2.12. The van der Waals surface area contributed by atoms with Gasteiger partial charge in [-0.15, -0.1) is 0 Å². The summed E-state index contributed by atoms with van der Waals surface area (Å²) in [6, 6.07) is 20.6. The molecule has 0 aliphatic carbocycles. The van der Waals surface area contributed by atoms with Gasteiger partial charge in [-0.1, -0.05) is 24.3 Å². The number of nitriles is 1. The molecule has 29 heavy (non-hydrogen) atoms. The first-order valence-corrected chi connectivity index (χ1v) is 9.19. The third-order valence-electron chi connectivity index (χ3n) is 4.41. The maximum absolute atomic E-state index is 9.01. The van der Waals surface area contributed by atoms with Crippen molar-refractivity contribution < 1.29 is 4.74 Å². The van der Waals surface area contributed by atoms with Crippen molar-refractivity contribution in [1.29, 1.82) is 10.7 Å². The molecule has 0 aliphatic rings. The van der Waals surface area contributed by atoms with E-state index in [1.807, 2.05) is 62.4 Å². The van der Waals surface area contributed by atoms with Gasteiger partial charge >= 0.3 is 0 Å². The topological polar surface area (TPSA) is 95.8 Å². The Morgan fingerprint density at radius 3 is 2.48 bits per heavy atom. The first-order valence-electron chi connectivity index (χ1n) is 9.19. The van der Waals surface area contributed by atoms with Gasteiger partial charge in [0, 0.05) is 28.7 Å². The van der Waals surface area contributed by atoms with Crippen LogP contribution in [-0.4, -0.2) is 10.7 Å². The molecule has 0 radical (unpaired) electrons. The molecule has 3 aromatic rings. The molecule has 0 atom stereocenters. The van der Waals surface area contributed by atoms with Crippen LogP contribution in [0, 0.1) is 30.6 Å². The van der Waals surface area contributed by atoms with Crippen molar-refractivity contribution >= 4 is 11.3 Å². The molecule has 0 spiro atoms. The fourth-order valence-electron chi connectivity index (χ4n) is 3.11. The summed E-state index contributed by atoms with van der Waals surface area (Å²) in [6.07, 6.45) is 1.46. The number of nitrogens with two attached hydrogens (primary N) is 1. The van der Waals surface area contributed by atoms with Crippen LogP contribution in [0.4, 0.5) is 0 Å². The summed E-state index contributed by atoms with van der Waals surface area (Å²) in [6.45, 7) is 4.18. The zero-order chi connectivity index (χ0) is 20.8. The van der Waals surface area contributed by atoms with Crippen molar-refractivity contribution in [3.05, 3.63) is 101 Å². The van der Waals surface area contributed by atoms with Crippen molar-refractivity contribution in [2.45, 2.75) is 20.5 Å². The number of aromatic nitrogens is 1. The number of nitrogens with one attached hydrogen (secondary N) is 1. The van der Waals surface area contributed by atoms with Crippen LogP contribution in [0.2, 0.25) is 0 Å². The van der Waals surface area contributed by atoms with Crippen LogP contribution >= 0.6 is 0 Å². The molecule has 0 aliphatic heterocycles. The minimum Gasteiger partial charge on any atom is -0.489 e. The van der Waals surface area contributed by atoms with E-state index >= 15 is 0 Å². The number of aryl methyl sites for hydroxylation is 2. The van der Waals surface area contributed by atoms with Crippen LogP contribution in [0.15, 0.2) is 66.9 Å². The van der Waals surface area contributed by atoms with E-state index in [0.717, 1.165) is 22.5 Å². The van der Waals surface area contributed by atoms with E-state index < -0.39 is 0 Å². The second kappa shape index (κ2) is 8.85. The summed E-state index contributed by atoms with van der Waals surface area (Å²) < 4.78 is 5.87. The van der Waals surface area contributed by atoms with E-state index in [4.69, 9.17) is 21.1 Å². The maximum atomic E-state index is 9.01. The lowest BCUT2D eigenvalue weighted by Gasteiger charge is -2.13. The van der Waals surface area contributed by atoms with Crippen LogP contribution in [0.1, 0.15) is 33.6 Å². The Morgan fingerprint density at radius 1 is 1.07 bits per heavy atom. The molecule has 0 fully saturated rings. The molecule has 0 saturated heterocycles. The smallest absolute Gasteiger partial charge is 0.120 e. The van der Waals surface area contributed by atoms with Gasteiger partial charge in [-0.3, -0.25) is 10.4 Å². The van der Waals surface area contributed by atoms with E-state index in [-0.39, 0.29) is 0 Å². The monoisotopic (exact) mass is 382 g/mol. The van der Waals surface area contributed by atoms with Gasteiger partial charge in [0.05, 0.1) is 17.3 Å². The average Bonchev–Trinajstić information content (AvgIpc) is 2.72. The summed E-state index contributed by atoms with van der Waals surface area (Å²) in [7, 11) is 0. The SMILES string of the molecule is Cc1cc(/C(=C/N)C(=N)c2cccc(OCc3cccc(C#N)c3)c2)cc(C)n1. The van der Waals surface area contributed by atoms with Gasteiger partial charge in [0.25, 0.3) is 0 Å². The largest absolute Gasteiger partial charge is 0.489 e. The van der Waals surface area contributed by atoms with Crippen molar-refractivity contribution in [2.75, 3.05) is 0 Å². The summed E-state index contributed by atoms with van der Waals surface area (Å²) in [5.74, 6) is 0.646. The number of allylic oxidation sites excluding steroid dienone is 1. The Morgan fingerprint density at radius 2 is 1.79 bits per heavy atom. The number of hydrogen-bond acceptors (Lipinski definition) is 5. The molecule has 2 aromatic carbocycles. The highest BCUT2D eigenvalue weighted by atomic mass is 16.5. The van der Waals surface area contributed by atoms with Crippen LogP contribution < -0.4 is 10.5 Å². The predicted molar refractivity (Wildman–Crippen MR) is 115 cm³/mol. The summed E-state index contributed by atoms with van der Waals surface area (Å²) in [4.78, 5) is 4.38. The number of benzene rings is 2. The molecule has 1 heterocycles. The molecule has 0 amide bonds. The molecule has 5 nitrogen and oxygen atoms in total. The lowest BCUT2D eigenvalue weighted by atomic mass is 9.96. The molecular weight excluding hydrogens is 360 g/mol. The summed E-state index contributed by atoms with van der Waals surface area (Å²) >= 11 is 0. The molecule has 0 saturated carbocycles. The van der Waals surface area contributed by atoms with E-state index in [2.05, 4.69) is 11.1 Å². The van der Waals surface area contributed by atoms with Crippen LogP contribution in [-0.2, 0) is 6.61 Å². The Bertz CT molecular complexity index is 1110. The van der Waals surface area contributed by atoms with E-state index in [1.54, 1.807) is 12.1 Å². The fourth-order valence-corrected chi connectivity index (χ4v) is 3.11. The van der Waals surface area contributed by atoms with Gasteiger partial charge < -0.3 is 10.5 Å². The van der Waals surface area contributed by atoms with Gasteiger partial charge in [0.1, 0.15) is 12.4 Å². The molecule has 0 bridgehead atoms. The predicted octanol–water partition coefficient (Wildman–Crippen LogP) is 4.52. The maximum Gasteiger partial charge on any atom is 0.120 e. The molecule has 3 N–H and O–H groups in total. The molecule has 5 heteroatoms. The van der Waals surface area contributed by atoms with Gasteiger partial charge in [-0.25, -0.2) is 0 Å². The van der Waals surface area contributed by atoms with Crippen molar-refractivity contribution in [3.63, 3.8) is 0 Å².